The maximum atomic E-state index is 6.23. The highest BCUT2D eigenvalue weighted by Gasteiger charge is 2.18. The van der Waals surface area contributed by atoms with Gasteiger partial charge in [0.05, 0.1) is 10.4 Å². The number of thiophene rings is 1. The molecule has 0 bridgehead atoms. The topological polar surface area (TPSA) is 12.0 Å². The molecule has 0 saturated heterocycles. The maximum Gasteiger partial charge on any atom is 0.0931 e. The molecule has 1 aromatic heterocycles. The van der Waals surface area contributed by atoms with Gasteiger partial charge in [0.15, 0.2) is 0 Å². The van der Waals surface area contributed by atoms with E-state index in [0.29, 0.717) is 0 Å². The largest absolute Gasteiger partial charge is 0.306 e. The Labute approximate surface area is 128 Å². The van der Waals surface area contributed by atoms with Crippen molar-refractivity contribution in [3.05, 3.63) is 55.7 Å². The molecule has 1 heterocycles. The van der Waals surface area contributed by atoms with Crippen LogP contribution in [0.15, 0.2) is 30.3 Å². The van der Waals surface area contributed by atoms with Crippen LogP contribution in [0.3, 0.4) is 0 Å². The zero-order valence-corrected chi connectivity index (χ0v) is 13.4. The fourth-order valence-corrected chi connectivity index (χ4v) is 3.41. The summed E-state index contributed by atoms with van der Waals surface area (Å²) in [7, 11) is 0. The van der Waals surface area contributed by atoms with E-state index < -0.39 is 0 Å². The van der Waals surface area contributed by atoms with Gasteiger partial charge in [0.1, 0.15) is 0 Å². The van der Waals surface area contributed by atoms with E-state index in [1.165, 1.54) is 10.4 Å². The smallest absolute Gasteiger partial charge is 0.0931 e. The molecule has 0 saturated carbocycles. The second-order valence-corrected chi connectivity index (χ2v) is 6.64. The van der Waals surface area contributed by atoms with Gasteiger partial charge in [-0.1, -0.05) is 42.3 Å². The van der Waals surface area contributed by atoms with Crippen molar-refractivity contribution in [2.45, 2.75) is 26.3 Å². The Morgan fingerprint density at radius 3 is 2.63 bits per heavy atom. The molecule has 2 aromatic rings. The van der Waals surface area contributed by atoms with Crippen LogP contribution in [0.2, 0.25) is 9.36 Å². The molecule has 1 nitrogen and oxygen atoms in total. The van der Waals surface area contributed by atoms with Gasteiger partial charge in [-0.05, 0) is 49.2 Å². The van der Waals surface area contributed by atoms with E-state index in [4.69, 9.17) is 23.2 Å². The minimum atomic E-state index is 0.163. The van der Waals surface area contributed by atoms with Crippen LogP contribution in [-0.2, 0) is 0 Å². The lowest BCUT2D eigenvalue weighted by Crippen LogP contribution is -2.23. The summed E-state index contributed by atoms with van der Waals surface area (Å²) in [6.45, 7) is 5.19. The molecule has 0 amide bonds. The van der Waals surface area contributed by atoms with Gasteiger partial charge in [-0.15, -0.1) is 11.3 Å². The zero-order chi connectivity index (χ0) is 13.8. The first kappa shape index (κ1) is 14.9. The molecule has 19 heavy (non-hydrogen) atoms. The monoisotopic (exact) mass is 313 g/mol. The Kier molecular flexibility index (Phi) is 5.28. The van der Waals surface area contributed by atoms with Gasteiger partial charge in [0, 0.05) is 9.90 Å². The SMILES string of the molecule is CCCNC(c1ccc(Cl)s1)c1cccc(Cl)c1C. The van der Waals surface area contributed by atoms with Crippen molar-refractivity contribution in [3.8, 4) is 0 Å². The third-order valence-corrected chi connectivity index (χ3v) is 4.80. The second-order valence-electron chi connectivity index (χ2n) is 4.48. The molecule has 4 heteroatoms. The van der Waals surface area contributed by atoms with Crippen molar-refractivity contribution >= 4 is 34.5 Å². The van der Waals surface area contributed by atoms with E-state index in [0.717, 1.165) is 27.9 Å². The Balaban J connectivity index is 2.39. The highest BCUT2D eigenvalue weighted by molar-refractivity contribution is 7.16. The number of hydrogen-bond acceptors (Lipinski definition) is 2. The lowest BCUT2D eigenvalue weighted by molar-refractivity contribution is 0.603. The van der Waals surface area contributed by atoms with Crippen LogP contribution < -0.4 is 5.32 Å². The number of hydrogen-bond donors (Lipinski definition) is 1. The lowest BCUT2D eigenvalue weighted by Gasteiger charge is -2.20. The first-order valence-corrected chi connectivity index (χ1v) is 7.94. The lowest BCUT2D eigenvalue weighted by atomic mass is 10.00. The molecule has 1 unspecified atom stereocenters. The third-order valence-electron chi connectivity index (χ3n) is 3.10. The van der Waals surface area contributed by atoms with E-state index in [9.17, 15) is 0 Å². The second kappa shape index (κ2) is 6.76. The van der Waals surface area contributed by atoms with Gasteiger partial charge in [-0.3, -0.25) is 0 Å². The molecule has 0 radical (unpaired) electrons. The molecule has 2 rings (SSSR count). The van der Waals surface area contributed by atoms with Crippen molar-refractivity contribution in [1.29, 1.82) is 0 Å². The summed E-state index contributed by atoms with van der Waals surface area (Å²) in [5.74, 6) is 0. The van der Waals surface area contributed by atoms with Crippen LogP contribution >= 0.6 is 34.5 Å². The molecule has 0 fully saturated rings. The molecular formula is C15H17Cl2NS. The van der Waals surface area contributed by atoms with Crippen molar-refractivity contribution in [2.75, 3.05) is 6.54 Å². The fourth-order valence-electron chi connectivity index (χ4n) is 2.07. The number of nitrogens with one attached hydrogen (secondary N) is 1. The van der Waals surface area contributed by atoms with Gasteiger partial charge < -0.3 is 5.32 Å². The summed E-state index contributed by atoms with van der Waals surface area (Å²) in [5, 5.41) is 4.39. The molecule has 1 N–H and O–H groups in total. The summed E-state index contributed by atoms with van der Waals surface area (Å²) in [6.07, 6.45) is 1.09. The van der Waals surface area contributed by atoms with Gasteiger partial charge in [-0.25, -0.2) is 0 Å². The Morgan fingerprint density at radius 2 is 2.00 bits per heavy atom. The molecule has 0 aliphatic rings. The summed E-state index contributed by atoms with van der Waals surface area (Å²) in [6, 6.07) is 10.3. The Hall–Kier alpha value is -0.540. The molecule has 0 aliphatic heterocycles. The van der Waals surface area contributed by atoms with Crippen LogP contribution in [0.1, 0.15) is 35.4 Å². The van der Waals surface area contributed by atoms with Gasteiger partial charge in [0.25, 0.3) is 0 Å². The minimum Gasteiger partial charge on any atom is -0.306 e. The Bertz CT molecular complexity index is 551. The number of rotatable bonds is 5. The predicted molar refractivity (Wildman–Crippen MR) is 85.7 cm³/mol. The summed E-state index contributed by atoms with van der Waals surface area (Å²) in [5.41, 5.74) is 2.35. The van der Waals surface area contributed by atoms with Gasteiger partial charge in [0.2, 0.25) is 0 Å². The predicted octanol–water partition coefficient (Wildman–Crippen LogP) is 5.45. The van der Waals surface area contributed by atoms with Gasteiger partial charge in [-0.2, -0.15) is 0 Å². The molecular weight excluding hydrogens is 297 g/mol. The normalized spacial score (nSPS) is 12.6. The highest BCUT2D eigenvalue weighted by atomic mass is 35.5. The molecule has 1 aromatic carbocycles. The van der Waals surface area contributed by atoms with Crippen LogP contribution in [0.25, 0.3) is 0 Å². The average molecular weight is 314 g/mol. The van der Waals surface area contributed by atoms with E-state index in [2.05, 4.69) is 31.3 Å². The number of benzene rings is 1. The summed E-state index contributed by atoms with van der Waals surface area (Å²) >= 11 is 13.9. The van der Waals surface area contributed by atoms with E-state index >= 15 is 0 Å². The Morgan fingerprint density at radius 1 is 1.21 bits per heavy atom. The van der Waals surface area contributed by atoms with E-state index in [1.54, 1.807) is 11.3 Å². The van der Waals surface area contributed by atoms with Crippen LogP contribution in [-0.4, -0.2) is 6.54 Å². The maximum absolute atomic E-state index is 6.23. The quantitative estimate of drug-likeness (QED) is 0.773. The molecule has 0 aliphatic carbocycles. The van der Waals surface area contributed by atoms with Crippen LogP contribution in [0, 0.1) is 6.92 Å². The van der Waals surface area contributed by atoms with Crippen molar-refractivity contribution in [2.24, 2.45) is 0 Å². The van der Waals surface area contributed by atoms with Crippen molar-refractivity contribution in [3.63, 3.8) is 0 Å². The molecule has 102 valence electrons. The number of halogens is 2. The van der Waals surface area contributed by atoms with Crippen molar-refractivity contribution < 1.29 is 0 Å². The van der Waals surface area contributed by atoms with Crippen LogP contribution in [0.4, 0.5) is 0 Å². The molecule has 0 spiro atoms. The fraction of sp³-hybridized carbons (Fsp3) is 0.333. The minimum absolute atomic E-state index is 0.163. The molecule has 1 atom stereocenters. The van der Waals surface area contributed by atoms with Gasteiger partial charge >= 0.3 is 0 Å². The first-order valence-electron chi connectivity index (χ1n) is 6.37. The van der Waals surface area contributed by atoms with Crippen molar-refractivity contribution in [1.82, 2.24) is 5.32 Å². The zero-order valence-electron chi connectivity index (χ0n) is 11.0. The van der Waals surface area contributed by atoms with Crippen LogP contribution in [0.5, 0.6) is 0 Å². The summed E-state index contributed by atoms with van der Waals surface area (Å²) < 4.78 is 0.818. The average Bonchev–Trinajstić information content (AvgIpc) is 2.81. The first-order chi connectivity index (χ1) is 9.13. The third kappa shape index (κ3) is 3.51. The van der Waals surface area contributed by atoms with E-state index in [1.807, 2.05) is 18.2 Å². The standard InChI is InChI=1S/C15H17Cl2NS/c1-3-9-18-15(13-7-8-14(17)19-13)11-5-4-6-12(16)10(11)2/h4-8,15,18H,3,9H2,1-2H3. The van der Waals surface area contributed by atoms with E-state index in [-0.39, 0.29) is 6.04 Å². The summed E-state index contributed by atoms with van der Waals surface area (Å²) in [4.78, 5) is 1.23. The highest BCUT2D eigenvalue weighted by Crippen LogP contribution is 2.34.